The van der Waals surface area contributed by atoms with Crippen molar-refractivity contribution in [1.82, 2.24) is 40.0 Å². The number of amides is 4. The van der Waals surface area contributed by atoms with Crippen LogP contribution in [-0.2, 0) is 37.9 Å². The molecule has 5 atom stereocenters. The first kappa shape index (κ1) is 37.4. The topological polar surface area (TPSA) is 195 Å². The largest absolute Gasteiger partial charge is 0.471 e. The SMILES string of the molecule is CCc1nc2cccc(F)c2nc1O[C@@H]1C[C@H]2C(=O)N[C@]3(C(=O)NS(=O)(=O)C4(C)CC4)CC3/C=C\CCCCC[C@H](NC(=O)c3ccnn3C)C(=O)N2C1. The van der Waals surface area contributed by atoms with E-state index in [0.29, 0.717) is 49.7 Å². The maximum Gasteiger partial charge on any atom is 0.270 e. The van der Waals surface area contributed by atoms with Crippen LogP contribution in [0.3, 0.4) is 0 Å². The molecule has 0 spiro atoms. The molecule has 0 bridgehead atoms. The van der Waals surface area contributed by atoms with Crippen molar-refractivity contribution in [2.24, 2.45) is 13.0 Å². The summed E-state index contributed by atoms with van der Waals surface area (Å²) in [7, 11) is -2.40. The lowest BCUT2D eigenvalue weighted by Crippen LogP contribution is -2.58. The van der Waals surface area contributed by atoms with Crippen molar-refractivity contribution in [1.29, 1.82) is 0 Å². The van der Waals surface area contributed by atoms with Crippen molar-refractivity contribution in [2.75, 3.05) is 6.54 Å². The molecular weight excluding hydrogens is 720 g/mol. The van der Waals surface area contributed by atoms with Crippen LogP contribution in [0, 0.1) is 11.7 Å². The van der Waals surface area contributed by atoms with Gasteiger partial charge in [0.05, 0.1) is 16.8 Å². The Bertz CT molecular complexity index is 2140. The van der Waals surface area contributed by atoms with Crippen LogP contribution in [0.2, 0.25) is 0 Å². The van der Waals surface area contributed by atoms with Gasteiger partial charge in [0.2, 0.25) is 27.7 Å². The molecule has 4 amide bonds. The van der Waals surface area contributed by atoms with Crippen molar-refractivity contribution < 1.29 is 36.7 Å². The van der Waals surface area contributed by atoms with Gasteiger partial charge in [0.25, 0.3) is 11.8 Å². The zero-order valence-electron chi connectivity index (χ0n) is 30.5. The summed E-state index contributed by atoms with van der Waals surface area (Å²) in [6.07, 6.45) is 8.92. The van der Waals surface area contributed by atoms with Crippen molar-refractivity contribution >= 4 is 44.7 Å². The minimum atomic E-state index is -4.01. The normalized spacial score (nSPS) is 27.4. The Kier molecular flexibility index (Phi) is 9.95. The van der Waals surface area contributed by atoms with E-state index in [1.54, 1.807) is 20.0 Å². The van der Waals surface area contributed by atoms with Crippen molar-refractivity contribution in [3.8, 4) is 5.88 Å². The van der Waals surface area contributed by atoms with Crippen LogP contribution in [0.25, 0.3) is 11.0 Å². The maximum absolute atomic E-state index is 14.8. The van der Waals surface area contributed by atoms with Gasteiger partial charge in [0, 0.05) is 25.6 Å². The van der Waals surface area contributed by atoms with Gasteiger partial charge in [-0.05, 0) is 70.1 Å². The minimum absolute atomic E-state index is 0.0140. The summed E-state index contributed by atoms with van der Waals surface area (Å²) in [6.45, 7) is 3.33. The van der Waals surface area contributed by atoms with E-state index in [-0.39, 0.29) is 36.5 Å². The summed E-state index contributed by atoms with van der Waals surface area (Å²) in [6, 6.07) is 3.80. The van der Waals surface area contributed by atoms with Crippen LogP contribution in [0.1, 0.15) is 87.8 Å². The molecule has 54 heavy (non-hydrogen) atoms. The molecule has 1 unspecified atom stereocenters. The second kappa shape index (κ2) is 14.4. The van der Waals surface area contributed by atoms with Crippen LogP contribution in [0.15, 0.2) is 42.6 Å². The number of halogens is 1. The average Bonchev–Trinajstić information content (AvgIpc) is 3.94. The molecule has 2 aromatic heterocycles. The molecule has 4 aliphatic rings. The van der Waals surface area contributed by atoms with E-state index >= 15 is 0 Å². The Morgan fingerprint density at radius 2 is 1.93 bits per heavy atom. The van der Waals surface area contributed by atoms with Crippen LogP contribution >= 0.6 is 0 Å². The third-order valence-electron chi connectivity index (χ3n) is 11.1. The first-order valence-corrected chi connectivity index (χ1v) is 20.0. The lowest BCUT2D eigenvalue weighted by Gasteiger charge is -2.30. The first-order valence-electron chi connectivity index (χ1n) is 18.5. The van der Waals surface area contributed by atoms with Crippen LogP contribution in [0.4, 0.5) is 4.39 Å². The quantitative estimate of drug-likeness (QED) is 0.287. The summed E-state index contributed by atoms with van der Waals surface area (Å²) in [4.78, 5) is 66.5. The molecule has 3 N–H and O–H groups in total. The van der Waals surface area contributed by atoms with Crippen LogP contribution in [0.5, 0.6) is 5.88 Å². The Labute approximate surface area is 312 Å². The highest BCUT2D eigenvalue weighted by atomic mass is 32.2. The fourth-order valence-corrected chi connectivity index (χ4v) is 8.63. The number of carbonyl (C=O) groups excluding carboxylic acids is 4. The van der Waals surface area contributed by atoms with Crippen molar-refractivity contribution in [3.05, 3.63) is 59.8 Å². The lowest BCUT2D eigenvalue weighted by molar-refractivity contribution is -0.141. The van der Waals surface area contributed by atoms with Crippen molar-refractivity contribution in [3.63, 3.8) is 0 Å². The summed E-state index contributed by atoms with van der Waals surface area (Å²) >= 11 is 0. The number of aromatic nitrogens is 4. The highest BCUT2D eigenvalue weighted by Gasteiger charge is 2.63. The Balaban J connectivity index is 1.21. The number of hydrogen-bond acceptors (Lipinski definition) is 10. The molecule has 4 heterocycles. The number of carbonyl (C=O) groups is 4. The van der Waals surface area contributed by atoms with Gasteiger partial charge in [0.1, 0.15) is 40.6 Å². The third-order valence-corrected chi connectivity index (χ3v) is 13.3. The first-order chi connectivity index (χ1) is 25.7. The summed E-state index contributed by atoms with van der Waals surface area (Å²) in [5, 5.41) is 9.77. The number of fused-ring (bicyclic) bond motifs is 3. The zero-order chi connectivity index (χ0) is 38.4. The van der Waals surface area contributed by atoms with E-state index in [9.17, 15) is 32.0 Å². The Morgan fingerprint density at radius 3 is 2.65 bits per heavy atom. The van der Waals surface area contributed by atoms with Crippen LogP contribution < -0.4 is 20.1 Å². The number of ether oxygens (including phenoxy) is 1. The molecular formula is C37H45FN8O7S. The molecule has 17 heteroatoms. The molecule has 2 saturated carbocycles. The second-order valence-corrected chi connectivity index (χ2v) is 17.2. The van der Waals surface area contributed by atoms with Gasteiger partial charge >= 0.3 is 0 Å². The number of sulfonamides is 1. The number of hydrogen-bond donors (Lipinski definition) is 3. The van der Waals surface area contributed by atoms with Gasteiger partial charge in [0.15, 0.2) is 5.82 Å². The fourth-order valence-electron chi connectivity index (χ4n) is 7.32. The second-order valence-electron chi connectivity index (χ2n) is 15.0. The summed E-state index contributed by atoms with van der Waals surface area (Å²) in [5.74, 6) is -3.51. The highest BCUT2D eigenvalue weighted by Crippen LogP contribution is 2.47. The molecule has 7 rings (SSSR count). The standard InChI is InChI=1S/C37H45FN8O7S/c1-4-25-33(42-30-24(38)12-10-14-26(30)40-25)53-23-19-29-32(48)43-37(35(50)44-54(51,52)36(2)16-17-36)20-22(37)11-8-6-5-7-9-13-27(34(49)46(29)21-23)41-31(47)28-15-18-39-45(28)3/h8,10-12,14-15,18,22-23,27,29H,4-7,9,13,16-17,19-21H2,1-3H3,(H,41,47)(H,43,48)(H,44,50)/b11-8-/t22?,23-,27+,29+,37-/m1/s1. The molecule has 2 aliphatic carbocycles. The molecule has 1 aromatic carbocycles. The molecule has 0 radical (unpaired) electrons. The molecule has 15 nitrogen and oxygen atoms in total. The van der Waals surface area contributed by atoms with E-state index in [4.69, 9.17) is 4.74 Å². The van der Waals surface area contributed by atoms with Crippen LogP contribution in [-0.4, -0.2) is 91.7 Å². The maximum atomic E-state index is 14.8. The van der Waals surface area contributed by atoms with E-state index < -0.39 is 73.9 Å². The predicted molar refractivity (Wildman–Crippen MR) is 194 cm³/mol. The molecule has 1 saturated heterocycles. The average molecular weight is 765 g/mol. The number of para-hydroxylation sites is 1. The number of aryl methyl sites for hydroxylation is 2. The predicted octanol–water partition coefficient (Wildman–Crippen LogP) is 2.61. The minimum Gasteiger partial charge on any atom is -0.471 e. The number of benzene rings is 1. The number of rotatable bonds is 8. The molecule has 288 valence electrons. The van der Waals surface area contributed by atoms with E-state index in [2.05, 4.69) is 30.4 Å². The zero-order valence-corrected chi connectivity index (χ0v) is 31.3. The van der Waals surface area contributed by atoms with E-state index in [1.807, 2.05) is 19.1 Å². The van der Waals surface area contributed by atoms with Crippen molar-refractivity contribution in [2.45, 2.75) is 107 Å². The third kappa shape index (κ3) is 7.17. The lowest BCUT2D eigenvalue weighted by atomic mass is 10.0. The van der Waals surface area contributed by atoms with Gasteiger partial charge in [-0.2, -0.15) is 5.10 Å². The number of allylic oxidation sites excluding steroid dienone is 1. The fraction of sp³-hybridized carbons (Fsp3) is 0.541. The number of nitrogens with zero attached hydrogens (tertiary/aromatic N) is 5. The van der Waals surface area contributed by atoms with E-state index in [0.717, 1.165) is 12.8 Å². The Hall–Kier alpha value is -4.93. The van der Waals surface area contributed by atoms with E-state index in [1.165, 1.54) is 34.0 Å². The summed E-state index contributed by atoms with van der Waals surface area (Å²) < 4.78 is 50.0. The smallest absolute Gasteiger partial charge is 0.270 e. The molecule has 3 aromatic rings. The van der Waals surface area contributed by atoms with Gasteiger partial charge in [-0.3, -0.25) is 28.6 Å². The highest BCUT2D eigenvalue weighted by molar-refractivity contribution is 7.91. The number of nitrogens with one attached hydrogen (secondary N) is 3. The molecule has 3 fully saturated rings. The van der Waals surface area contributed by atoms with Gasteiger partial charge < -0.3 is 20.3 Å². The summed E-state index contributed by atoms with van der Waals surface area (Å²) in [5.41, 5.74) is -0.473. The Morgan fingerprint density at radius 1 is 1.13 bits per heavy atom. The van der Waals surface area contributed by atoms with Gasteiger partial charge in [-0.25, -0.2) is 22.8 Å². The van der Waals surface area contributed by atoms with Gasteiger partial charge in [-0.15, -0.1) is 0 Å². The monoisotopic (exact) mass is 764 g/mol. The van der Waals surface area contributed by atoms with Gasteiger partial charge in [-0.1, -0.05) is 38.0 Å². The molecule has 2 aliphatic heterocycles.